The van der Waals surface area contributed by atoms with Crippen molar-refractivity contribution in [2.24, 2.45) is 0 Å². The minimum atomic E-state index is 0.348. The van der Waals surface area contributed by atoms with Crippen molar-refractivity contribution in [3.63, 3.8) is 0 Å². The average Bonchev–Trinajstić information content (AvgIpc) is 2.76. The molecule has 0 amide bonds. The third kappa shape index (κ3) is 6.43. The van der Waals surface area contributed by atoms with E-state index in [-0.39, 0.29) is 0 Å². The summed E-state index contributed by atoms with van der Waals surface area (Å²) in [5.74, 6) is 0. The van der Waals surface area contributed by atoms with Crippen LogP contribution in [0.3, 0.4) is 0 Å². The van der Waals surface area contributed by atoms with Gasteiger partial charge in [0, 0.05) is 26.4 Å². The standard InChI is InChI=1S/C12H25NO3/c1-11(9-14-2)13-6-4-7-15-10-12-5-3-8-16-12/h11-13H,3-10H2,1-2H3. The molecule has 1 aliphatic rings. The molecule has 16 heavy (non-hydrogen) atoms. The molecule has 1 aliphatic heterocycles. The van der Waals surface area contributed by atoms with Gasteiger partial charge in [-0.15, -0.1) is 0 Å². The lowest BCUT2D eigenvalue weighted by atomic mass is 10.2. The van der Waals surface area contributed by atoms with Crippen LogP contribution in [0.5, 0.6) is 0 Å². The van der Waals surface area contributed by atoms with Gasteiger partial charge in [-0.1, -0.05) is 0 Å². The second kappa shape index (κ2) is 8.93. The van der Waals surface area contributed by atoms with E-state index in [9.17, 15) is 0 Å². The van der Waals surface area contributed by atoms with Gasteiger partial charge in [0.2, 0.25) is 0 Å². The molecule has 1 rings (SSSR count). The maximum Gasteiger partial charge on any atom is 0.0809 e. The second-order valence-electron chi connectivity index (χ2n) is 4.37. The van der Waals surface area contributed by atoms with Crippen molar-refractivity contribution >= 4 is 0 Å². The third-order valence-corrected chi connectivity index (χ3v) is 2.70. The van der Waals surface area contributed by atoms with E-state index in [2.05, 4.69) is 12.2 Å². The van der Waals surface area contributed by atoms with Crippen LogP contribution in [0.4, 0.5) is 0 Å². The highest BCUT2D eigenvalue weighted by molar-refractivity contribution is 4.63. The molecule has 2 unspecified atom stereocenters. The molecule has 0 saturated carbocycles. The Balaban J connectivity index is 1.80. The summed E-state index contributed by atoms with van der Waals surface area (Å²) >= 11 is 0. The molecule has 1 saturated heterocycles. The Bertz CT molecular complexity index is 160. The van der Waals surface area contributed by atoms with Gasteiger partial charge in [-0.05, 0) is 32.7 Å². The van der Waals surface area contributed by atoms with E-state index in [0.29, 0.717) is 12.1 Å². The normalized spacial score (nSPS) is 22.5. The first-order chi connectivity index (χ1) is 7.83. The average molecular weight is 231 g/mol. The minimum absolute atomic E-state index is 0.348. The van der Waals surface area contributed by atoms with Crippen molar-refractivity contribution in [2.75, 3.05) is 40.1 Å². The van der Waals surface area contributed by atoms with E-state index in [0.717, 1.165) is 45.8 Å². The summed E-state index contributed by atoms with van der Waals surface area (Å²) < 4.78 is 16.1. The fraction of sp³-hybridized carbons (Fsp3) is 1.00. The number of hydrogen-bond acceptors (Lipinski definition) is 4. The molecule has 0 aromatic rings. The number of rotatable bonds is 9. The first-order valence-corrected chi connectivity index (χ1v) is 6.24. The van der Waals surface area contributed by atoms with Crippen molar-refractivity contribution in [3.05, 3.63) is 0 Å². The lowest BCUT2D eigenvalue weighted by molar-refractivity contribution is 0.0164. The number of nitrogens with one attached hydrogen (secondary N) is 1. The topological polar surface area (TPSA) is 39.7 Å². The molecule has 0 radical (unpaired) electrons. The monoisotopic (exact) mass is 231 g/mol. The van der Waals surface area contributed by atoms with Gasteiger partial charge >= 0.3 is 0 Å². The van der Waals surface area contributed by atoms with Crippen molar-refractivity contribution in [3.8, 4) is 0 Å². The molecule has 0 aliphatic carbocycles. The molecule has 96 valence electrons. The first-order valence-electron chi connectivity index (χ1n) is 6.24. The van der Waals surface area contributed by atoms with E-state index >= 15 is 0 Å². The Morgan fingerprint density at radius 3 is 3.06 bits per heavy atom. The lowest BCUT2D eigenvalue weighted by Gasteiger charge is -2.13. The summed E-state index contributed by atoms with van der Waals surface area (Å²) in [5, 5.41) is 3.38. The van der Waals surface area contributed by atoms with Gasteiger partial charge in [-0.2, -0.15) is 0 Å². The quantitative estimate of drug-likeness (QED) is 0.605. The van der Waals surface area contributed by atoms with Crippen LogP contribution in [0.15, 0.2) is 0 Å². The number of methoxy groups -OCH3 is 1. The fourth-order valence-electron chi connectivity index (χ4n) is 1.82. The van der Waals surface area contributed by atoms with Crippen molar-refractivity contribution in [1.29, 1.82) is 0 Å². The number of ether oxygens (including phenoxy) is 3. The second-order valence-corrected chi connectivity index (χ2v) is 4.37. The molecule has 1 N–H and O–H groups in total. The van der Waals surface area contributed by atoms with Crippen LogP contribution in [0.25, 0.3) is 0 Å². The zero-order valence-corrected chi connectivity index (χ0v) is 10.5. The molecule has 0 aromatic heterocycles. The SMILES string of the molecule is COCC(C)NCCCOCC1CCCO1. The van der Waals surface area contributed by atoms with Gasteiger partial charge in [-0.3, -0.25) is 0 Å². The van der Waals surface area contributed by atoms with Gasteiger partial charge < -0.3 is 19.5 Å². The fourth-order valence-corrected chi connectivity index (χ4v) is 1.82. The van der Waals surface area contributed by atoms with Gasteiger partial charge in [0.25, 0.3) is 0 Å². The predicted octanol–water partition coefficient (Wildman–Crippen LogP) is 1.20. The Labute approximate surface area is 98.6 Å². The van der Waals surface area contributed by atoms with Crippen LogP contribution in [0.2, 0.25) is 0 Å². The zero-order chi connectivity index (χ0) is 11.6. The summed E-state index contributed by atoms with van der Waals surface area (Å²) in [4.78, 5) is 0. The summed E-state index contributed by atoms with van der Waals surface area (Å²) in [6.07, 6.45) is 3.73. The highest BCUT2D eigenvalue weighted by atomic mass is 16.5. The minimum Gasteiger partial charge on any atom is -0.383 e. The van der Waals surface area contributed by atoms with E-state index in [1.165, 1.54) is 6.42 Å². The Morgan fingerprint density at radius 1 is 1.50 bits per heavy atom. The van der Waals surface area contributed by atoms with E-state index < -0.39 is 0 Å². The van der Waals surface area contributed by atoms with E-state index in [1.54, 1.807) is 7.11 Å². The maximum absolute atomic E-state index is 5.56. The van der Waals surface area contributed by atoms with Crippen molar-refractivity contribution < 1.29 is 14.2 Å². The highest BCUT2D eigenvalue weighted by Gasteiger charge is 2.14. The lowest BCUT2D eigenvalue weighted by Crippen LogP contribution is -2.31. The largest absolute Gasteiger partial charge is 0.383 e. The van der Waals surface area contributed by atoms with Gasteiger partial charge in [0.1, 0.15) is 0 Å². The van der Waals surface area contributed by atoms with Crippen LogP contribution in [-0.4, -0.2) is 52.2 Å². The van der Waals surface area contributed by atoms with E-state index in [1.807, 2.05) is 0 Å². The molecule has 0 bridgehead atoms. The molecule has 4 heteroatoms. The van der Waals surface area contributed by atoms with E-state index in [4.69, 9.17) is 14.2 Å². The molecule has 0 spiro atoms. The Hall–Kier alpha value is -0.160. The Kier molecular flexibility index (Phi) is 7.76. The summed E-state index contributed by atoms with van der Waals surface area (Å²) in [5.41, 5.74) is 0. The summed E-state index contributed by atoms with van der Waals surface area (Å²) in [6, 6.07) is 0.420. The molecule has 1 heterocycles. The Morgan fingerprint density at radius 2 is 2.38 bits per heavy atom. The van der Waals surface area contributed by atoms with Crippen molar-refractivity contribution in [2.45, 2.75) is 38.3 Å². The summed E-state index contributed by atoms with van der Waals surface area (Å²) in [7, 11) is 1.73. The van der Waals surface area contributed by atoms with Gasteiger partial charge in [-0.25, -0.2) is 0 Å². The van der Waals surface area contributed by atoms with Crippen molar-refractivity contribution in [1.82, 2.24) is 5.32 Å². The third-order valence-electron chi connectivity index (χ3n) is 2.70. The van der Waals surface area contributed by atoms with Gasteiger partial charge in [0.15, 0.2) is 0 Å². The molecular weight excluding hydrogens is 206 g/mol. The molecule has 1 fully saturated rings. The molecule has 2 atom stereocenters. The molecule has 0 aromatic carbocycles. The van der Waals surface area contributed by atoms with Gasteiger partial charge in [0.05, 0.1) is 19.3 Å². The smallest absolute Gasteiger partial charge is 0.0809 e. The predicted molar refractivity (Wildman–Crippen MR) is 63.8 cm³/mol. The highest BCUT2D eigenvalue weighted by Crippen LogP contribution is 2.11. The molecular formula is C12H25NO3. The maximum atomic E-state index is 5.56. The zero-order valence-electron chi connectivity index (χ0n) is 10.5. The van der Waals surface area contributed by atoms with Crippen LogP contribution in [0.1, 0.15) is 26.2 Å². The molecule has 4 nitrogen and oxygen atoms in total. The van der Waals surface area contributed by atoms with Crippen LogP contribution in [-0.2, 0) is 14.2 Å². The van der Waals surface area contributed by atoms with Crippen LogP contribution < -0.4 is 5.32 Å². The number of hydrogen-bond donors (Lipinski definition) is 1. The van der Waals surface area contributed by atoms with Crippen LogP contribution in [0, 0.1) is 0 Å². The van der Waals surface area contributed by atoms with Crippen LogP contribution >= 0.6 is 0 Å². The first kappa shape index (κ1) is 13.9. The summed E-state index contributed by atoms with van der Waals surface area (Å²) in [6.45, 7) is 6.34.